The number of rotatable bonds is 0. The molecule has 0 amide bonds. The summed E-state index contributed by atoms with van der Waals surface area (Å²) in [5.41, 5.74) is -3.36. The van der Waals surface area contributed by atoms with Crippen LogP contribution >= 0.6 is 0 Å². The van der Waals surface area contributed by atoms with Crippen LogP contribution in [-0.2, 0) is 0 Å². The van der Waals surface area contributed by atoms with E-state index < -0.39 is 34.8 Å². The fraction of sp³-hybridized carbons (Fsp3) is 0. The molecule has 0 spiro atoms. The monoisotopic (exact) mass is 464 g/mol. The minimum absolute atomic E-state index is 0. The summed E-state index contributed by atoms with van der Waals surface area (Å²) in [5, 5.41) is 20.2. The van der Waals surface area contributed by atoms with Gasteiger partial charge in [-0.3, -0.25) is 15.0 Å². The minimum atomic E-state index is -1.05. The van der Waals surface area contributed by atoms with Gasteiger partial charge < -0.3 is 15.2 Å². The quantitative estimate of drug-likeness (QED) is 0.277. The standard InChI is InChI=1S/2C3H3N3O3.Pb/c2*7-1-4-2(8)6-3(9)5-1;/h2*(H3,4,5,6,7,8,9);/q;;+2/p-2. The van der Waals surface area contributed by atoms with Crippen LogP contribution in [0.1, 0.15) is 0 Å². The van der Waals surface area contributed by atoms with Gasteiger partial charge >= 0.3 is 50.1 Å². The fourth-order valence-electron chi connectivity index (χ4n) is 0.749. The number of nitrogens with one attached hydrogen (secondary N) is 4. The second kappa shape index (κ2) is 7.24. The van der Waals surface area contributed by atoms with Crippen molar-refractivity contribution in [3.63, 3.8) is 0 Å². The van der Waals surface area contributed by atoms with E-state index in [0.29, 0.717) is 0 Å². The van der Waals surface area contributed by atoms with Crippen molar-refractivity contribution in [3.05, 3.63) is 41.9 Å². The Balaban J connectivity index is 0.000000324. The van der Waals surface area contributed by atoms with E-state index in [0.717, 1.165) is 0 Å². The summed E-state index contributed by atoms with van der Waals surface area (Å²) in [6, 6.07) is -2.01. The molecule has 4 N–H and O–H groups in total. The van der Waals surface area contributed by atoms with Gasteiger partial charge in [-0.05, 0) is 0 Å². The molecule has 2 heterocycles. The van der Waals surface area contributed by atoms with Gasteiger partial charge in [-0.15, -0.1) is 0 Å². The Morgan fingerprint density at radius 2 is 1.16 bits per heavy atom. The number of nitrogens with zero attached hydrogens (tertiary/aromatic N) is 2. The number of H-pyrrole nitrogens is 4. The van der Waals surface area contributed by atoms with Crippen molar-refractivity contribution in [2.75, 3.05) is 0 Å². The summed E-state index contributed by atoms with van der Waals surface area (Å²) in [6.45, 7) is 0. The zero-order valence-corrected chi connectivity index (χ0v) is 12.7. The van der Waals surface area contributed by atoms with Gasteiger partial charge in [-0.1, -0.05) is 0 Å². The van der Waals surface area contributed by atoms with Gasteiger partial charge in [0.25, 0.3) is 0 Å². The number of aromatic amines is 4. The van der Waals surface area contributed by atoms with Crippen molar-refractivity contribution in [1.29, 1.82) is 0 Å². The van der Waals surface area contributed by atoms with Crippen molar-refractivity contribution in [2.24, 2.45) is 0 Å². The molecule has 0 saturated carbocycles. The van der Waals surface area contributed by atoms with Gasteiger partial charge in [0.2, 0.25) is 0 Å². The van der Waals surface area contributed by atoms with Gasteiger partial charge in [0.1, 0.15) is 0 Å². The number of hydrogen-bond donors (Lipinski definition) is 4. The SMILES string of the molecule is O=c1[nH]c(=O)[nH]c(=O)[nH]1.O=c1nc([O-])nc([O-])[nH]1.[Pb+2]. The predicted octanol–water partition coefficient (Wildman–Crippen LogP) is -5.32. The molecular weight excluding hydrogens is 459 g/mol. The van der Waals surface area contributed by atoms with Crippen LogP contribution in [0.25, 0.3) is 0 Å². The van der Waals surface area contributed by atoms with Gasteiger partial charge in [-0.25, -0.2) is 24.2 Å². The first-order valence-electron chi connectivity index (χ1n) is 4.12. The van der Waals surface area contributed by atoms with Crippen LogP contribution in [0, 0.1) is 0 Å². The van der Waals surface area contributed by atoms with Crippen molar-refractivity contribution >= 4 is 27.3 Å². The first kappa shape index (κ1) is 16.7. The molecule has 0 unspecified atom stereocenters. The molecule has 98 valence electrons. The molecule has 13 heteroatoms. The summed E-state index contributed by atoms with van der Waals surface area (Å²) in [5.74, 6) is 0. The van der Waals surface area contributed by atoms with Crippen LogP contribution in [-0.4, -0.2) is 57.2 Å². The first-order valence-corrected chi connectivity index (χ1v) is 4.12. The third-order valence-corrected chi connectivity index (χ3v) is 1.29. The molecule has 0 fully saturated rings. The average Bonchev–Trinajstić information content (AvgIpc) is 2.12. The molecule has 2 aromatic rings. The van der Waals surface area contributed by atoms with Crippen LogP contribution in [0.2, 0.25) is 0 Å². The van der Waals surface area contributed by atoms with E-state index in [-0.39, 0.29) is 27.3 Å². The molecule has 0 saturated heterocycles. The summed E-state index contributed by atoms with van der Waals surface area (Å²) >= 11 is 0. The van der Waals surface area contributed by atoms with E-state index in [1.165, 1.54) is 0 Å². The van der Waals surface area contributed by atoms with Crippen molar-refractivity contribution in [1.82, 2.24) is 29.9 Å². The molecule has 0 aliphatic carbocycles. The minimum Gasteiger partial charge on any atom is -0.846 e. The normalized spacial score (nSPS) is 8.84. The zero-order valence-electron chi connectivity index (χ0n) is 8.84. The first-order chi connectivity index (χ1) is 8.36. The van der Waals surface area contributed by atoms with E-state index in [4.69, 9.17) is 0 Å². The molecule has 2 radical (unpaired) electrons. The molecule has 12 nitrogen and oxygen atoms in total. The second-order valence-corrected chi connectivity index (χ2v) is 2.60. The number of hydrogen-bond acceptors (Lipinski definition) is 8. The summed E-state index contributed by atoms with van der Waals surface area (Å²) in [6.07, 6.45) is 0. The van der Waals surface area contributed by atoms with Crippen molar-refractivity contribution in [2.45, 2.75) is 0 Å². The Hall–Kier alpha value is -2.26. The van der Waals surface area contributed by atoms with E-state index in [2.05, 4.69) is 9.97 Å². The maximum Gasteiger partial charge on any atom is 2.00 e. The van der Waals surface area contributed by atoms with Crippen molar-refractivity contribution in [3.8, 4) is 12.0 Å². The smallest absolute Gasteiger partial charge is 0.846 e. The Morgan fingerprint density at radius 3 is 1.47 bits per heavy atom. The molecule has 2 rings (SSSR count). The predicted molar refractivity (Wildman–Crippen MR) is 55.6 cm³/mol. The Labute approximate surface area is 121 Å². The van der Waals surface area contributed by atoms with E-state index >= 15 is 0 Å². The van der Waals surface area contributed by atoms with Crippen LogP contribution in [0.3, 0.4) is 0 Å². The van der Waals surface area contributed by atoms with E-state index in [1.807, 2.05) is 0 Å². The Morgan fingerprint density at radius 1 is 0.737 bits per heavy atom. The summed E-state index contributed by atoms with van der Waals surface area (Å²) < 4.78 is 0. The van der Waals surface area contributed by atoms with E-state index in [1.54, 1.807) is 19.9 Å². The van der Waals surface area contributed by atoms with Gasteiger partial charge in [0.15, 0.2) is 0 Å². The molecule has 2 aromatic heterocycles. The van der Waals surface area contributed by atoms with Crippen LogP contribution in [0.5, 0.6) is 12.0 Å². The average molecular weight is 463 g/mol. The van der Waals surface area contributed by atoms with Crippen LogP contribution < -0.4 is 33.0 Å². The third-order valence-electron chi connectivity index (χ3n) is 1.29. The number of aromatic nitrogens is 6. The molecule has 0 aromatic carbocycles. The topological polar surface area (TPSA) is 203 Å². The molecule has 19 heavy (non-hydrogen) atoms. The van der Waals surface area contributed by atoms with E-state index in [9.17, 15) is 29.4 Å². The summed E-state index contributed by atoms with van der Waals surface area (Å²) in [7, 11) is 0. The van der Waals surface area contributed by atoms with Crippen LogP contribution in [0.4, 0.5) is 0 Å². The molecule has 0 atom stereocenters. The molecule has 0 aliphatic heterocycles. The van der Waals surface area contributed by atoms with Crippen molar-refractivity contribution < 1.29 is 10.2 Å². The fourth-order valence-corrected chi connectivity index (χ4v) is 0.749. The maximum atomic E-state index is 10.2. The maximum absolute atomic E-state index is 10.2. The third kappa shape index (κ3) is 6.29. The molecule has 0 aliphatic rings. The second-order valence-electron chi connectivity index (χ2n) is 2.60. The largest absolute Gasteiger partial charge is 2.00 e. The zero-order chi connectivity index (χ0) is 13.7. The molecule has 0 bridgehead atoms. The Bertz CT molecular complexity index is 656. The van der Waals surface area contributed by atoms with Gasteiger partial charge in [-0.2, -0.15) is 4.98 Å². The summed E-state index contributed by atoms with van der Waals surface area (Å²) in [4.78, 5) is 53.2. The molecular formula is C6H4N6O6Pb. The Kier molecular flexibility index (Phi) is 6.38. The van der Waals surface area contributed by atoms with Gasteiger partial charge in [0.05, 0.1) is 12.0 Å². The van der Waals surface area contributed by atoms with Crippen LogP contribution in [0.15, 0.2) is 19.2 Å². The van der Waals surface area contributed by atoms with Gasteiger partial charge in [0, 0.05) is 0 Å².